The molecule has 6 atom stereocenters. The number of hydrogen-bond acceptors (Lipinski definition) is 2. The van der Waals surface area contributed by atoms with Crippen LogP contribution in [-0.2, 0) is 15.8 Å². The average molecular weight is 489 g/mol. The van der Waals surface area contributed by atoms with Gasteiger partial charge in [-0.2, -0.15) is 13.2 Å². The largest absolute Gasteiger partial charge is 0.416 e. The summed E-state index contributed by atoms with van der Waals surface area (Å²) in [6.45, 7) is 6.84. The average Bonchev–Trinajstić information content (AvgIpc) is 3.18. The summed E-state index contributed by atoms with van der Waals surface area (Å²) in [6.07, 6.45) is 3.18. The Bertz CT molecular complexity index is 1080. The molecular weight excluding hydrogens is 453 g/mol. The Morgan fingerprint density at radius 3 is 2.43 bits per heavy atom. The van der Waals surface area contributed by atoms with Crippen LogP contribution in [0.2, 0.25) is 0 Å². The zero-order chi connectivity index (χ0) is 25.3. The minimum Gasteiger partial charge on any atom is -0.325 e. The van der Waals surface area contributed by atoms with Gasteiger partial charge in [-0.25, -0.2) is 0 Å². The summed E-state index contributed by atoms with van der Waals surface area (Å²) in [6, 6.07) is 4.38. The molecule has 3 fully saturated rings. The number of piperidine rings is 1. The fraction of sp³-hybridized carbons (Fsp3) is 0.643. The van der Waals surface area contributed by atoms with E-state index in [0.717, 1.165) is 30.7 Å². The van der Waals surface area contributed by atoms with Crippen molar-refractivity contribution in [3.8, 4) is 0 Å². The van der Waals surface area contributed by atoms with E-state index in [9.17, 15) is 22.8 Å². The fourth-order valence-corrected chi connectivity index (χ4v) is 8.42. The van der Waals surface area contributed by atoms with Crippen molar-refractivity contribution in [2.24, 2.45) is 34.5 Å². The van der Waals surface area contributed by atoms with E-state index in [1.165, 1.54) is 43.4 Å². The van der Waals surface area contributed by atoms with Crippen LogP contribution < -0.4 is 5.32 Å². The van der Waals surface area contributed by atoms with E-state index in [-0.39, 0.29) is 17.0 Å². The lowest BCUT2D eigenvalue weighted by Gasteiger charge is -2.59. The quantitative estimate of drug-likeness (QED) is 0.475. The lowest BCUT2D eigenvalue weighted by molar-refractivity contribution is -0.147. The standard InChI is InChI=1S/C28H35F3N2O2/c1-16-14-19-21-6-5-12-26(21,2)13-11-22(19)27(3)15-20(25(35)33(4)23(16)27)24(34)32-18-9-7-17(8-10-18)28(29,30)31/h7-10,19-22H,5-6,11-15H2,1-4H3,(H,32,34)/t19-,20?,21-,22+,26-,27+/m0/s1. The number of fused-ring (bicyclic) bond motifs is 5. The summed E-state index contributed by atoms with van der Waals surface area (Å²) in [5.74, 6) is 0.153. The first kappa shape index (κ1) is 24.4. The predicted molar refractivity (Wildman–Crippen MR) is 128 cm³/mol. The van der Waals surface area contributed by atoms with Crippen molar-refractivity contribution in [3.63, 3.8) is 0 Å². The number of likely N-dealkylation sites (tertiary alicyclic amines) is 1. The maximum Gasteiger partial charge on any atom is 0.416 e. The number of hydrogen-bond donors (Lipinski definition) is 1. The molecule has 1 unspecified atom stereocenters. The van der Waals surface area contributed by atoms with Gasteiger partial charge in [-0.3, -0.25) is 9.59 Å². The molecule has 35 heavy (non-hydrogen) atoms. The van der Waals surface area contributed by atoms with Crippen LogP contribution in [0.5, 0.6) is 0 Å². The first-order valence-electron chi connectivity index (χ1n) is 12.8. The SMILES string of the molecule is CC1=C2N(C)C(=O)C(C(=O)Nc3ccc(C(F)(F)F)cc3)C[C@]2(C)[C@@H]2CC[C@]3(C)CCC[C@H]3[C@@H]2C1. The molecule has 7 heteroatoms. The number of rotatable bonds is 2. The summed E-state index contributed by atoms with van der Waals surface area (Å²) in [4.78, 5) is 28.4. The Balaban J connectivity index is 1.42. The summed E-state index contributed by atoms with van der Waals surface area (Å²) in [5.41, 5.74) is 1.98. The number of allylic oxidation sites excluding steroid dienone is 2. The highest BCUT2D eigenvalue weighted by atomic mass is 19.4. The van der Waals surface area contributed by atoms with E-state index < -0.39 is 23.6 Å². The van der Waals surface area contributed by atoms with Gasteiger partial charge in [0.05, 0.1) is 5.56 Å². The van der Waals surface area contributed by atoms with Gasteiger partial charge in [-0.1, -0.05) is 25.8 Å². The number of carbonyl (C=O) groups excluding carboxylic acids is 2. The van der Waals surface area contributed by atoms with Crippen molar-refractivity contribution in [3.05, 3.63) is 41.1 Å². The molecule has 3 aliphatic carbocycles. The van der Waals surface area contributed by atoms with Crippen LogP contribution in [0.3, 0.4) is 0 Å². The Morgan fingerprint density at radius 1 is 1.09 bits per heavy atom. The molecule has 2 saturated carbocycles. The topological polar surface area (TPSA) is 49.4 Å². The summed E-state index contributed by atoms with van der Waals surface area (Å²) in [5, 5.41) is 2.71. The maximum atomic E-state index is 13.4. The highest BCUT2D eigenvalue weighted by Gasteiger charge is 2.60. The third-order valence-electron chi connectivity index (χ3n) is 9.91. The fourth-order valence-electron chi connectivity index (χ4n) is 8.42. The molecule has 190 valence electrons. The number of carbonyl (C=O) groups is 2. The highest BCUT2D eigenvalue weighted by Crippen LogP contribution is 2.65. The van der Waals surface area contributed by atoms with Crippen LogP contribution in [0.15, 0.2) is 35.5 Å². The smallest absolute Gasteiger partial charge is 0.325 e. The minimum absolute atomic E-state index is 0.235. The Labute approximate surface area is 205 Å². The van der Waals surface area contributed by atoms with Gasteiger partial charge < -0.3 is 10.2 Å². The van der Waals surface area contributed by atoms with E-state index in [4.69, 9.17) is 0 Å². The number of nitrogens with zero attached hydrogens (tertiary/aromatic N) is 1. The van der Waals surface area contributed by atoms with E-state index in [2.05, 4.69) is 26.1 Å². The number of halogens is 3. The highest BCUT2D eigenvalue weighted by molar-refractivity contribution is 6.07. The van der Waals surface area contributed by atoms with Crippen LogP contribution in [0, 0.1) is 34.5 Å². The molecule has 2 amide bonds. The monoisotopic (exact) mass is 488 g/mol. The Kier molecular flexibility index (Phi) is 5.65. The zero-order valence-electron chi connectivity index (χ0n) is 21.0. The van der Waals surface area contributed by atoms with E-state index in [0.29, 0.717) is 29.6 Å². The zero-order valence-corrected chi connectivity index (χ0v) is 21.0. The number of anilines is 1. The molecule has 0 bridgehead atoms. The van der Waals surface area contributed by atoms with Gasteiger partial charge in [0.1, 0.15) is 5.92 Å². The lowest BCUT2D eigenvalue weighted by Crippen LogP contribution is -2.57. The third kappa shape index (κ3) is 3.80. The van der Waals surface area contributed by atoms with Crippen molar-refractivity contribution >= 4 is 17.5 Å². The van der Waals surface area contributed by atoms with Gasteiger partial charge in [0.2, 0.25) is 11.8 Å². The first-order valence-corrected chi connectivity index (χ1v) is 12.8. The second kappa shape index (κ2) is 8.10. The van der Waals surface area contributed by atoms with Crippen LogP contribution in [0.4, 0.5) is 18.9 Å². The molecule has 1 saturated heterocycles. The van der Waals surface area contributed by atoms with E-state index >= 15 is 0 Å². The van der Waals surface area contributed by atoms with Crippen molar-refractivity contribution in [2.75, 3.05) is 12.4 Å². The molecule has 4 nitrogen and oxygen atoms in total. The van der Waals surface area contributed by atoms with Gasteiger partial charge in [0, 0.05) is 23.8 Å². The Morgan fingerprint density at radius 2 is 1.77 bits per heavy atom. The molecule has 1 aromatic carbocycles. The number of benzene rings is 1. The number of nitrogens with one attached hydrogen (secondary N) is 1. The van der Waals surface area contributed by atoms with Crippen molar-refractivity contribution in [1.82, 2.24) is 4.90 Å². The Hall–Kier alpha value is -2.31. The molecule has 0 radical (unpaired) electrons. The van der Waals surface area contributed by atoms with Gasteiger partial charge in [-0.15, -0.1) is 0 Å². The second-order valence-electron chi connectivity index (χ2n) is 11.9. The molecule has 0 aromatic heterocycles. The third-order valence-corrected chi connectivity index (χ3v) is 9.91. The molecule has 1 heterocycles. The van der Waals surface area contributed by atoms with Gasteiger partial charge in [0.15, 0.2) is 0 Å². The van der Waals surface area contributed by atoms with Gasteiger partial charge in [0.25, 0.3) is 0 Å². The maximum absolute atomic E-state index is 13.4. The van der Waals surface area contributed by atoms with Crippen LogP contribution >= 0.6 is 0 Å². The van der Waals surface area contributed by atoms with Gasteiger partial charge >= 0.3 is 6.18 Å². The predicted octanol–water partition coefficient (Wildman–Crippen LogP) is 6.64. The summed E-state index contributed by atoms with van der Waals surface area (Å²) < 4.78 is 38.7. The summed E-state index contributed by atoms with van der Waals surface area (Å²) in [7, 11) is 1.78. The van der Waals surface area contributed by atoms with Crippen LogP contribution in [0.25, 0.3) is 0 Å². The molecule has 4 aliphatic rings. The molecule has 1 aromatic rings. The normalized spacial score (nSPS) is 37.0. The second-order valence-corrected chi connectivity index (χ2v) is 11.9. The first-order chi connectivity index (χ1) is 16.3. The molecule has 5 rings (SSSR count). The van der Waals surface area contributed by atoms with Crippen LogP contribution in [0.1, 0.15) is 71.3 Å². The van der Waals surface area contributed by atoms with Gasteiger partial charge in [-0.05, 0) is 92.9 Å². The molecule has 1 aliphatic heterocycles. The molecule has 0 spiro atoms. The lowest BCUT2D eigenvalue weighted by atomic mass is 9.48. The molecule has 1 N–H and O–H groups in total. The number of amides is 2. The van der Waals surface area contributed by atoms with E-state index in [1.54, 1.807) is 11.9 Å². The van der Waals surface area contributed by atoms with Crippen molar-refractivity contribution in [2.45, 2.75) is 71.9 Å². The minimum atomic E-state index is -4.44. The summed E-state index contributed by atoms with van der Waals surface area (Å²) >= 11 is 0. The molecular formula is C28H35F3N2O2. The van der Waals surface area contributed by atoms with E-state index in [1.807, 2.05) is 0 Å². The number of alkyl halides is 3. The van der Waals surface area contributed by atoms with Crippen molar-refractivity contribution < 1.29 is 22.8 Å². The van der Waals surface area contributed by atoms with Crippen molar-refractivity contribution in [1.29, 1.82) is 0 Å². The van der Waals surface area contributed by atoms with Crippen LogP contribution in [-0.4, -0.2) is 23.8 Å².